The van der Waals surface area contributed by atoms with Gasteiger partial charge in [-0.05, 0) is 73.9 Å². The quantitative estimate of drug-likeness (QED) is 0.596. The third kappa shape index (κ3) is 1.16. The average Bonchev–Trinajstić information content (AvgIpc) is 2.67. The molecule has 0 heterocycles. The van der Waals surface area contributed by atoms with E-state index in [2.05, 4.69) is 39.8 Å². The topological polar surface area (TPSA) is 0 Å². The van der Waals surface area contributed by atoms with E-state index in [1.54, 1.807) is 0 Å². The largest absolute Gasteiger partial charge is 0.0654 e. The van der Waals surface area contributed by atoms with Crippen LogP contribution in [0.5, 0.6) is 0 Å². The fourth-order valence-electron chi connectivity index (χ4n) is 2.98. The van der Waals surface area contributed by atoms with E-state index in [9.17, 15) is 0 Å². The van der Waals surface area contributed by atoms with Gasteiger partial charge in [0.05, 0.1) is 0 Å². The monoisotopic (exact) mass is 210 g/mol. The summed E-state index contributed by atoms with van der Waals surface area (Å²) in [5.74, 6) is 0. The molecule has 0 aromatic heterocycles. The number of benzene rings is 1. The van der Waals surface area contributed by atoms with Gasteiger partial charge in [-0.25, -0.2) is 0 Å². The normalized spacial score (nSPS) is 18.2. The van der Waals surface area contributed by atoms with Crippen molar-refractivity contribution in [2.45, 2.75) is 40.5 Å². The maximum absolute atomic E-state index is 2.43. The number of hydrogen-bond donors (Lipinski definition) is 0. The van der Waals surface area contributed by atoms with Crippen molar-refractivity contribution < 1.29 is 0 Å². The first-order valence-corrected chi connectivity index (χ1v) is 6.07. The predicted octanol–water partition coefficient (Wildman–Crippen LogP) is 4.39. The number of allylic oxidation sites excluding steroid dienone is 4. The van der Waals surface area contributed by atoms with Gasteiger partial charge in [0.2, 0.25) is 0 Å². The van der Waals surface area contributed by atoms with Crippen molar-refractivity contribution in [3.63, 3.8) is 0 Å². The molecule has 3 rings (SSSR count). The standard InChI is InChI=1S/C16H18/c1-9-5-13-7-16-12(4)10(2)6-14(16)8-15(13)11(9)3/h7-8H,5-6H2,1-4H3. The Morgan fingerprint density at radius 3 is 1.44 bits per heavy atom. The van der Waals surface area contributed by atoms with Crippen LogP contribution in [-0.4, -0.2) is 0 Å². The van der Waals surface area contributed by atoms with Crippen LogP contribution in [0.1, 0.15) is 49.9 Å². The zero-order chi connectivity index (χ0) is 11.4. The van der Waals surface area contributed by atoms with Gasteiger partial charge < -0.3 is 0 Å². The summed E-state index contributed by atoms with van der Waals surface area (Å²) >= 11 is 0. The third-order valence-corrected chi connectivity index (χ3v) is 4.33. The highest BCUT2D eigenvalue weighted by molar-refractivity contribution is 5.81. The van der Waals surface area contributed by atoms with Crippen molar-refractivity contribution in [1.29, 1.82) is 0 Å². The molecule has 0 aliphatic heterocycles. The molecule has 2 aliphatic carbocycles. The molecule has 0 atom stereocenters. The van der Waals surface area contributed by atoms with E-state index in [1.165, 1.54) is 44.5 Å². The van der Waals surface area contributed by atoms with Crippen LogP contribution in [0.25, 0.3) is 11.1 Å². The van der Waals surface area contributed by atoms with E-state index in [0.29, 0.717) is 0 Å². The molecule has 0 fully saturated rings. The van der Waals surface area contributed by atoms with Gasteiger partial charge in [0, 0.05) is 0 Å². The molecular formula is C16H18. The highest BCUT2D eigenvalue weighted by Crippen LogP contribution is 2.39. The van der Waals surface area contributed by atoms with Gasteiger partial charge in [-0.3, -0.25) is 0 Å². The van der Waals surface area contributed by atoms with Gasteiger partial charge in [0.1, 0.15) is 0 Å². The maximum atomic E-state index is 2.43. The van der Waals surface area contributed by atoms with Gasteiger partial charge in [-0.15, -0.1) is 0 Å². The highest BCUT2D eigenvalue weighted by Gasteiger charge is 2.22. The van der Waals surface area contributed by atoms with Crippen LogP contribution in [0.2, 0.25) is 0 Å². The fourth-order valence-corrected chi connectivity index (χ4v) is 2.98. The second kappa shape index (κ2) is 3.10. The number of fused-ring (bicyclic) bond motifs is 2. The van der Waals surface area contributed by atoms with Gasteiger partial charge in [0.25, 0.3) is 0 Å². The second-order valence-electron chi connectivity index (χ2n) is 5.33. The second-order valence-corrected chi connectivity index (χ2v) is 5.33. The van der Waals surface area contributed by atoms with E-state index in [-0.39, 0.29) is 0 Å². The van der Waals surface area contributed by atoms with Crippen LogP contribution in [0.4, 0.5) is 0 Å². The Morgan fingerprint density at radius 1 is 0.688 bits per heavy atom. The Bertz CT molecular complexity index is 502. The van der Waals surface area contributed by atoms with Crippen LogP contribution in [0, 0.1) is 0 Å². The lowest BCUT2D eigenvalue weighted by Gasteiger charge is -2.07. The highest BCUT2D eigenvalue weighted by atomic mass is 14.3. The minimum Gasteiger partial charge on any atom is -0.0654 e. The lowest BCUT2D eigenvalue weighted by Crippen LogP contribution is -1.90. The Morgan fingerprint density at radius 2 is 1.06 bits per heavy atom. The van der Waals surface area contributed by atoms with E-state index < -0.39 is 0 Å². The maximum Gasteiger partial charge on any atom is -0.00577 e. The summed E-state index contributed by atoms with van der Waals surface area (Å²) in [6, 6.07) is 4.85. The summed E-state index contributed by atoms with van der Waals surface area (Å²) in [5, 5.41) is 0. The molecule has 0 heteroatoms. The molecule has 0 unspecified atom stereocenters. The number of rotatable bonds is 0. The first-order chi connectivity index (χ1) is 7.58. The van der Waals surface area contributed by atoms with Crippen molar-refractivity contribution in [2.75, 3.05) is 0 Å². The molecule has 0 bridgehead atoms. The Labute approximate surface area is 97.7 Å². The molecule has 0 saturated carbocycles. The van der Waals surface area contributed by atoms with Crippen molar-refractivity contribution in [1.82, 2.24) is 0 Å². The van der Waals surface area contributed by atoms with Gasteiger partial charge in [-0.1, -0.05) is 23.3 Å². The van der Waals surface area contributed by atoms with Gasteiger partial charge in [0.15, 0.2) is 0 Å². The number of hydrogen-bond acceptors (Lipinski definition) is 0. The van der Waals surface area contributed by atoms with Crippen molar-refractivity contribution in [3.8, 4) is 0 Å². The first-order valence-electron chi connectivity index (χ1n) is 6.07. The summed E-state index contributed by atoms with van der Waals surface area (Å²) in [6.07, 6.45) is 2.31. The smallest absolute Gasteiger partial charge is 0.00577 e. The zero-order valence-corrected chi connectivity index (χ0v) is 10.6. The van der Waals surface area contributed by atoms with Crippen molar-refractivity contribution >= 4 is 11.1 Å². The predicted molar refractivity (Wildman–Crippen MR) is 70.4 cm³/mol. The minimum absolute atomic E-state index is 1.15. The zero-order valence-electron chi connectivity index (χ0n) is 10.6. The fraction of sp³-hybridized carbons (Fsp3) is 0.375. The molecule has 0 N–H and O–H groups in total. The Balaban J connectivity index is 2.19. The lowest BCUT2D eigenvalue weighted by molar-refractivity contribution is 1.16. The molecule has 2 aliphatic rings. The molecule has 1 aromatic carbocycles. The van der Waals surface area contributed by atoms with E-state index >= 15 is 0 Å². The molecule has 0 nitrogen and oxygen atoms in total. The summed E-state index contributed by atoms with van der Waals surface area (Å²) in [6.45, 7) is 9.04. The van der Waals surface area contributed by atoms with Crippen LogP contribution in [0.15, 0.2) is 23.3 Å². The molecular weight excluding hydrogens is 192 g/mol. The lowest BCUT2D eigenvalue weighted by atomic mass is 9.97. The molecule has 16 heavy (non-hydrogen) atoms. The van der Waals surface area contributed by atoms with Crippen molar-refractivity contribution in [3.05, 3.63) is 45.5 Å². The van der Waals surface area contributed by atoms with Crippen LogP contribution in [-0.2, 0) is 12.8 Å². The van der Waals surface area contributed by atoms with E-state index in [0.717, 1.165) is 12.8 Å². The minimum atomic E-state index is 1.15. The molecule has 0 saturated heterocycles. The van der Waals surface area contributed by atoms with Gasteiger partial charge >= 0.3 is 0 Å². The molecule has 82 valence electrons. The average molecular weight is 210 g/mol. The third-order valence-electron chi connectivity index (χ3n) is 4.33. The SMILES string of the molecule is CC1=C(C)c2cc3c(cc2C1)C(C)=C(C)C3. The first kappa shape index (κ1) is 9.89. The van der Waals surface area contributed by atoms with E-state index in [4.69, 9.17) is 0 Å². The van der Waals surface area contributed by atoms with E-state index in [1.807, 2.05) is 0 Å². The molecule has 0 spiro atoms. The molecule has 0 radical (unpaired) electrons. The van der Waals surface area contributed by atoms with Crippen LogP contribution < -0.4 is 0 Å². The summed E-state index contributed by atoms with van der Waals surface area (Å²) in [7, 11) is 0. The Kier molecular flexibility index (Phi) is 1.92. The van der Waals surface area contributed by atoms with Crippen LogP contribution >= 0.6 is 0 Å². The molecule has 1 aromatic rings. The van der Waals surface area contributed by atoms with Crippen molar-refractivity contribution in [2.24, 2.45) is 0 Å². The summed E-state index contributed by atoms with van der Waals surface area (Å²) < 4.78 is 0. The summed E-state index contributed by atoms with van der Waals surface area (Å²) in [5.41, 5.74) is 12.1. The van der Waals surface area contributed by atoms with Crippen LogP contribution in [0.3, 0.4) is 0 Å². The van der Waals surface area contributed by atoms with Gasteiger partial charge in [-0.2, -0.15) is 0 Å². The summed E-state index contributed by atoms with van der Waals surface area (Å²) in [4.78, 5) is 0. The Hall–Kier alpha value is -1.30. The molecule has 0 amide bonds.